The Bertz CT molecular complexity index is 362. The van der Waals surface area contributed by atoms with Crippen molar-refractivity contribution in [3.8, 4) is 0 Å². The molecule has 6 heteroatoms. The first-order chi connectivity index (χ1) is 8.88. The lowest BCUT2D eigenvalue weighted by atomic mass is 9.82. The molecule has 1 atom stereocenters. The van der Waals surface area contributed by atoms with Gasteiger partial charge in [0.25, 0.3) is 0 Å². The largest absolute Gasteiger partial charge is 0.481 e. The van der Waals surface area contributed by atoms with Crippen LogP contribution in [0.3, 0.4) is 0 Å². The van der Waals surface area contributed by atoms with E-state index in [1.807, 2.05) is 0 Å². The number of carbonyl (C=O) groups excluding carboxylic acids is 1. The van der Waals surface area contributed by atoms with Gasteiger partial charge in [0.2, 0.25) is 0 Å². The van der Waals surface area contributed by atoms with Gasteiger partial charge < -0.3 is 20.0 Å². The van der Waals surface area contributed by atoms with Crippen LogP contribution in [0.1, 0.15) is 19.8 Å². The molecule has 1 saturated heterocycles. The van der Waals surface area contributed by atoms with Gasteiger partial charge in [-0.1, -0.05) is 6.92 Å². The average Bonchev–Trinajstić information content (AvgIpc) is 2.24. The number of carbonyl (C=O) groups is 2. The van der Waals surface area contributed by atoms with Crippen LogP contribution in [0.4, 0.5) is 4.79 Å². The molecule has 6 nitrogen and oxygen atoms in total. The van der Waals surface area contributed by atoms with Crippen molar-refractivity contribution >= 4 is 12.0 Å². The third-order valence-electron chi connectivity index (χ3n) is 4.35. The molecular formula is C13H22N2O4. The zero-order chi connectivity index (χ0) is 14.2. The van der Waals surface area contributed by atoms with E-state index < -0.39 is 11.9 Å². The second kappa shape index (κ2) is 5.36. The predicted octanol–water partition coefficient (Wildman–Crippen LogP) is 0.462. The zero-order valence-corrected chi connectivity index (χ0v) is 11.5. The number of aliphatic hydroxyl groups is 1. The van der Waals surface area contributed by atoms with Gasteiger partial charge in [0.05, 0.1) is 12.0 Å². The molecular weight excluding hydrogens is 248 g/mol. The third-order valence-corrected chi connectivity index (χ3v) is 4.35. The van der Waals surface area contributed by atoms with E-state index in [0.29, 0.717) is 25.6 Å². The van der Waals surface area contributed by atoms with Crippen molar-refractivity contribution in [2.75, 3.05) is 26.7 Å². The van der Waals surface area contributed by atoms with Crippen LogP contribution in [0.25, 0.3) is 0 Å². The highest BCUT2D eigenvalue weighted by atomic mass is 16.4. The summed E-state index contributed by atoms with van der Waals surface area (Å²) in [5.41, 5.74) is 0. The molecule has 1 heterocycles. The van der Waals surface area contributed by atoms with E-state index in [2.05, 4.69) is 0 Å². The molecule has 2 fully saturated rings. The Kier molecular flexibility index (Phi) is 3.99. The smallest absolute Gasteiger partial charge is 0.319 e. The molecule has 108 valence electrons. The topological polar surface area (TPSA) is 81.1 Å². The first kappa shape index (κ1) is 14.1. The summed E-state index contributed by atoms with van der Waals surface area (Å²) in [5, 5.41) is 18.1. The monoisotopic (exact) mass is 270 g/mol. The van der Waals surface area contributed by atoms with Gasteiger partial charge in [-0.05, 0) is 18.8 Å². The van der Waals surface area contributed by atoms with E-state index in [-0.39, 0.29) is 18.1 Å². The van der Waals surface area contributed by atoms with Gasteiger partial charge in [-0.3, -0.25) is 4.79 Å². The number of aliphatic carboxylic acids is 1. The quantitative estimate of drug-likeness (QED) is 0.777. The van der Waals surface area contributed by atoms with Crippen LogP contribution in [0, 0.1) is 17.8 Å². The van der Waals surface area contributed by atoms with E-state index in [9.17, 15) is 14.7 Å². The second-order valence-corrected chi connectivity index (χ2v) is 5.95. The first-order valence-corrected chi connectivity index (χ1v) is 6.79. The fourth-order valence-electron chi connectivity index (χ4n) is 2.74. The molecule has 1 saturated carbocycles. The van der Waals surface area contributed by atoms with Gasteiger partial charge in [0, 0.05) is 32.6 Å². The Morgan fingerprint density at radius 2 is 1.95 bits per heavy atom. The van der Waals surface area contributed by atoms with E-state index in [1.54, 1.807) is 23.8 Å². The van der Waals surface area contributed by atoms with E-state index in [1.165, 1.54) is 0 Å². The van der Waals surface area contributed by atoms with Gasteiger partial charge in [-0.25, -0.2) is 4.79 Å². The summed E-state index contributed by atoms with van der Waals surface area (Å²) in [4.78, 5) is 26.3. The molecule has 0 spiro atoms. The molecule has 1 unspecified atom stereocenters. The maximum Gasteiger partial charge on any atom is 0.319 e. The van der Waals surface area contributed by atoms with Crippen molar-refractivity contribution in [3.63, 3.8) is 0 Å². The number of hydrogen-bond donors (Lipinski definition) is 2. The van der Waals surface area contributed by atoms with Crippen LogP contribution in [0.2, 0.25) is 0 Å². The molecule has 2 rings (SSSR count). The van der Waals surface area contributed by atoms with Crippen LogP contribution in [0.5, 0.6) is 0 Å². The Morgan fingerprint density at radius 3 is 2.42 bits per heavy atom. The highest BCUT2D eigenvalue weighted by molar-refractivity contribution is 5.76. The number of amides is 2. The van der Waals surface area contributed by atoms with Crippen LogP contribution in [-0.2, 0) is 4.79 Å². The summed E-state index contributed by atoms with van der Waals surface area (Å²) in [6.45, 7) is 3.42. The van der Waals surface area contributed by atoms with Crippen LogP contribution in [-0.4, -0.2) is 64.8 Å². The number of likely N-dealkylation sites (tertiary alicyclic amines) is 1. The van der Waals surface area contributed by atoms with Gasteiger partial charge in [-0.15, -0.1) is 0 Å². The van der Waals surface area contributed by atoms with Crippen molar-refractivity contribution in [3.05, 3.63) is 0 Å². The van der Waals surface area contributed by atoms with Gasteiger partial charge in [0.15, 0.2) is 0 Å². The number of nitrogens with zero attached hydrogens (tertiary/aromatic N) is 2. The maximum absolute atomic E-state index is 12.1. The van der Waals surface area contributed by atoms with Crippen molar-refractivity contribution in [2.24, 2.45) is 17.8 Å². The van der Waals surface area contributed by atoms with Crippen molar-refractivity contribution in [1.29, 1.82) is 0 Å². The first-order valence-electron chi connectivity index (χ1n) is 6.79. The van der Waals surface area contributed by atoms with Crippen molar-refractivity contribution in [1.82, 2.24) is 9.80 Å². The summed E-state index contributed by atoms with van der Waals surface area (Å²) in [6.07, 6.45) is 1.35. The number of carboxylic acid groups (broad SMARTS) is 1. The normalized spacial score (nSPS) is 28.3. The lowest BCUT2D eigenvalue weighted by molar-refractivity contribution is -0.144. The predicted molar refractivity (Wildman–Crippen MR) is 68.6 cm³/mol. The number of aliphatic hydroxyl groups excluding tert-OH is 1. The Hall–Kier alpha value is -1.30. The second-order valence-electron chi connectivity index (χ2n) is 5.95. The summed E-state index contributed by atoms with van der Waals surface area (Å²) in [7, 11) is 1.76. The molecule has 1 aliphatic carbocycles. The lowest BCUT2D eigenvalue weighted by Crippen LogP contribution is -2.57. The molecule has 0 radical (unpaired) electrons. The zero-order valence-electron chi connectivity index (χ0n) is 11.5. The summed E-state index contributed by atoms with van der Waals surface area (Å²) < 4.78 is 0. The number of hydrogen-bond acceptors (Lipinski definition) is 3. The van der Waals surface area contributed by atoms with Gasteiger partial charge in [-0.2, -0.15) is 0 Å². The third kappa shape index (κ3) is 3.00. The van der Waals surface area contributed by atoms with Gasteiger partial charge in [0.1, 0.15) is 0 Å². The van der Waals surface area contributed by atoms with E-state index in [0.717, 1.165) is 12.8 Å². The molecule has 0 aromatic rings. The van der Waals surface area contributed by atoms with Crippen molar-refractivity contribution < 1.29 is 19.8 Å². The summed E-state index contributed by atoms with van der Waals surface area (Å²) >= 11 is 0. The molecule has 19 heavy (non-hydrogen) atoms. The molecule has 1 aliphatic heterocycles. The highest BCUT2D eigenvalue weighted by Crippen LogP contribution is 2.29. The van der Waals surface area contributed by atoms with E-state index in [4.69, 9.17) is 5.11 Å². The molecule has 0 aromatic heterocycles. The molecule has 0 aromatic carbocycles. The number of rotatable bonds is 4. The minimum Gasteiger partial charge on any atom is -0.481 e. The van der Waals surface area contributed by atoms with Gasteiger partial charge >= 0.3 is 12.0 Å². The highest BCUT2D eigenvalue weighted by Gasteiger charge is 2.39. The molecule has 2 amide bonds. The maximum atomic E-state index is 12.1. The minimum atomic E-state index is -0.797. The molecule has 0 bridgehead atoms. The SMILES string of the molecule is CC(C(=O)O)C1CN(C(=O)N(C)CC2CC(O)C2)C1. The summed E-state index contributed by atoms with van der Waals surface area (Å²) in [5.74, 6) is -0.718. The number of carboxylic acids is 1. The van der Waals surface area contributed by atoms with Crippen LogP contribution < -0.4 is 0 Å². The molecule has 2 aliphatic rings. The Labute approximate surface area is 113 Å². The van der Waals surface area contributed by atoms with Crippen LogP contribution in [0.15, 0.2) is 0 Å². The van der Waals surface area contributed by atoms with E-state index >= 15 is 0 Å². The fraction of sp³-hybridized carbons (Fsp3) is 0.846. The standard InChI is InChI=1S/C13H22N2O4/c1-8(12(17)18)10-6-15(7-10)13(19)14(2)5-9-3-11(16)4-9/h8-11,16H,3-7H2,1-2H3,(H,17,18). The number of urea groups is 1. The fourth-order valence-corrected chi connectivity index (χ4v) is 2.74. The Morgan fingerprint density at radius 1 is 1.37 bits per heavy atom. The summed E-state index contributed by atoms with van der Waals surface area (Å²) in [6, 6.07) is -0.0322. The minimum absolute atomic E-state index is 0.0322. The van der Waals surface area contributed by atoms with Crippen molar-refractivity contribution in [2.45, 2.75) is 25.9 Å². The average molecular weight is 270 g/mol. The lowest BCUT2D eigenvalue weighted by Gasteiger charge is -2.44. The Balaban J connectivity index is 1.72. The molecule has 2 N–H and O–H groups in total. The van der Waals surface area contributed by atoms with Crippen LogP contribution >= 0.6 is 0 Å².